The summed E-state index contributed by atoms with van der Waals surface area (Å²) < 4.78 is 25.8. The first kappa shape index (κ1) is 15.1. The Hall–Kier alpha value is -0.950. The molecule has 0 radical (unpaired) electrons. The van der Waals surface area contributed by atoms with Crippen LogP contribution in [0.2, 0.25) is 0 Å². The molecule has 2 N–H and O–H groups in total. The Labute approximate surface area is 108 Å². The molecule has 0 spiro atoms. The molecule has 102 valence electrons. The van der Waals surface area contributed by atoms with Crippen LogP contribution in [0.3, 0.4) is 0 Å². The van der Waals surface area contributed by atoms with Crippen molar-refractivity contribution < 1.29 is 18.6 Å². The van der Waals surface area contributed by atoms with Crippen LogP contribution in [-0.4, -0.2) is 49.2 Å². The lowest BCUT2D eigenvalue weighted by molar-refractivity contribution is 0.217. The third kappa shape index (κ3) is 3.29. The standard InChI is InChI=1S/C12H19NO4S/c1-10-3-4-12(11(2)9-10)18(16,17)13(5-7-14)6-8-15/h3-4,9,14-15H,5-8H2,1-2H3. The van der Waals surface area contributed by atoms with Gasteiger partial charge in [-0.2, -0.15) is 4.31 Å². The predicted octanol–water partition coefficient (Wildman–Crippen LogP) is 0.279. The van der Waals surface area contributed by atoms with E-state index in [4.69, 9.17) is 10.2 Å². The number of hydrogen-bond acceptors (Lipinski definition) is 4. The minimum absolute atomic E-state index is 0.0176. The molecule has 5 nitrogen and oxygen atoms in total. The first-order chi connectivity index (χ1) is 8.43. The fraction of sp³-hybridized carbons (Fsp3) is 0.500. The van der Waals surface area contributed by atoms with Crippen LogP contribution in [0.15, 0.2) is 23.1 Å². The van der Waals surface area contributed by atoms with E-state index in [9.17, 15) is 8.42 Å². The SMILES string of the molecule is Cc1ccc(S(=O)(=O)N(CCO)CCO)c(C)c1. The number of aliphatic hydroxyl groups is 2. The summed E-state index contributed by atoms with van der Waals surface area (Å²) in [5.74, 6) is 0. The van der Waals surface area contributed by atoms with Crippen LogP contribution in [0, 0.1) is 13.8 Å². The molecular formula is C12H19NO4S. The molecule has 0 fully saturated rings. The molecule has 1 rings (SSSR count). The lowest BCUT2D eigenvalue weighted by atomic mass is 10.2. The maximum Gasteiger partial charge on any atom is 0.243 e. The minimum Gasteiger partial charge on any atom is -0.395 e. The Bertz CT molecular complexity index is 493. The average Bonchev–Trinajstić information content (AvgIpc) is 2.28. The van der Waals surface area contributed by atoms with Crippen molar-refractivity contribution >= 4 is 10.0 Å². The molecule has 0 aliphatic rings. The van der Waals surface area contributed by atoms with Crippen LogP contribution in [0.4, 0.5) is 0 Å². The minimum atomic E-state index is -3.66. The van der Waals surface area contributed by atoms with E-state index >= 15 is 0 Å². The largest absolute Gasteiger partial charge is 0.395 e. The van der Waals surface area contributed by atoms with Gasteiger partial charge in [-0.05, 0) is 25.5 Å². The number of aliphatic hydroxyl groups excluding tert-OH is 2. The zero-order valence-electron chi connectivity index (χ0n) is 10.6. The summed E-state index contributed by atoms with van der Waals surface area (Å²) in [6.45, 7) is 3.04. The van der Waals surface area contributed by atoms with Gasteiger partial charge in [-0.25, -0.2) is 8.42 Å². The fourth-order valence-electron chi connectivity index (χ4n) is 1.80. The lowest BCUT2D eigenvalue weighted by Crippen LogP contribution is -2.36. The highest BCUT2D eigenvalue weighted by Crippen LogP contribution is 2.20. The number of rotatable bonds is 6. The van der Waals surface area contributed by atoms with Gasteiger partial charge in [0.2, 0.25) is 10.0 Å². The fourth-order valence-corrected chi connectivity index (χ4v) is 3.43. The quantitative estimate of drug-likeness (QED) is 0.780. The lowest BCUT2D eigenvalue weighted by Gasteiger charge is -2.21. The van der Waals surface area contributed by atoms with Crippen molar-refractivity contribution in [1.82, 2.24) is 4.31 Å². The number of nitrogens with zero attached hydrogens (tertiary/aromatic N) is 1. The normalized spacial score (nSPS) is 12.1. The van der Waals surface area contributed by atoms with Gasteiger partial charge in [0.15, 0.2) is 0 Å². The second kappa shape index (κ2) is 6.29. The molecule has 0 saturated carbocycles. The van der Waals surface area contributed by atoms with E-state index in [0.717, 1.165) is 9.87 Å². The van der Waals surface area contributed by atoms with Gasteiger partial charge in [0, 0.05) is 13.1 Å². The highest BCUT2D eigenvalue weighted by Gasteiger charge is 2.24. The van der Waals surface area contributed by atoms with E-state index in [1.165, 1.54) is 0 Å². The predicted molar refractivity (Wildman–Crippen MR) is 68.8 cm³/mol. The number of benzene rings is 1. The molecule has 0 bridgehead atoms. The van der Waals surface area contributed by atoms with Crippen LogP contribution in [-0.2, 0) is 10.0 Å². The second-order valence-electron chi connectivity index (χ2n) is 4.12. The molecule has 1 aromatic rings. The zero-order chi connectivity index (χ0) is 13.8. The number of sulfonamides is 1. The topological polar surface area (TPSA) is 77.8 Å². The highest BCUT2D eigenvalue weighted by atomic mass is 32.2. The van der Waals surface area contributed by atoms with E-state index in [1.807, 2.05) is 6.92 Å². The van der Waals surface area contributed by atoms with Crippen molar-refractivity contribution in [2.75, 3.05) is 26.3 Å². The molecule has 6 heteroatoms. The van der Waals surface area contributed by atoms with Gasteiger partial charge in [0.1, 0.15) is 0 Å². The maximum absolute atomic E-state index is 12.3. The third-order valence-corrected chi connectivity index (χ3v) is 4.71. The maximum atomic E-state index is 12.3. The molecule has 0 heterocycles. The summed E-state index contributed by atoms with van der Waals surface area (Å²) >= 11 is 0. The Morgan fingerprint density at radius 3 is 2.11 bits per heavy atom. The van der Waals surface area contributed by atoms with Crippen molar-refractivity contribution in [2.45, 2.75) is 18.7 Å². The van der Waals surface area contributed by atoms with Crippen LogP contribution >= 0.6 is 0 Å². The van der Waals surface area contributed by atoms with Gasteiger partial charge in [-0.15, -0.1) is 0 Å². The molecule has 18 heavy (non-hydrogen) atoms. The van der Waals surface area contributed by atoms with Crippen molar-refractivity contribution in [3.05, 3.63) is 29.3 Å². The molecule has 0 amide bonds. The zero-order valence-corrected chi connectivity index (χ0v) is 11.4. The molecule has 0 unspecified atom stereocenters. The average molecular weight is 273 g/mol. The Morgan fingerprint density at radius 1 is 1.11 bits per heavy atom. The Kier molecular flexibility index (Phi) is 5.28. The van der Waals surface area contributed by atoms with Crippen LogP contribution in [0.5, 0.6) is 0 Å². The summed E-state index contributed by atoms with van der Waals surface area (Å²) in [5, 5.41) is 17.8. The summed E-state index contributed by atoms with van der Waals surface area (Å²) in [6, 6.07) is 5.08. The Balaban J connectivity index is 3.17. The summed E-state index contributed by atoms with van der Waals surface area (Å²) in [6.07, 6.45) is 0. The van der Waals surface area contributed by atoms with Crippen LogP contribution < -0.4 is 0 Å². The van der Waals surface area contributed by atoms with E-state index in [1.54, 1.807) is 25.1 Å². The van der Waals surface area contributed by atoms with Crippen molar-refractivity contribution in [1.29, 1.82) is 0 Å². The van der Waals surface area contributed by atoms with Crippen molar-refractivity contribution in [3.63, 3.8) is 0 Å². The molecular weight excluding hydrogens is 254 g/mol. The van der Waals surface area contributed by atoms with Gasteiger partial charge in [0.25, 0.3) is 0 Å². The second-order valence-corrected chi connectivity index (χ2v) is 6.03. The van der Waals surface area contributed by atoms with Gasteiger partial charge in [-0.1, -0.05) is 17.7 Å². The molecule has 0 aromatic heterocycles. The van der Waals surface area contributed by atoms with Gasteiger partial charge >= 0.3 is 0 Å². The number of hydrogen-bond donors (Lipinski definition) is 2. The monoisotopic (exact) mass is 273 g/mol. The van der Waals surface area contributed by atoms with Crippen molar-refractivity contribution in [2.24, 2.45) is 0 Å². The first-order valence-electron chi connectivity index (χ1n) is 5.72. The summed E-state index contributed by atoms with van der Waals surface area (Å²) in [4.78, 5) is 0.218. The van der Waals surface area contributed by atoms with Crippen molar-refractivity contribution in [3.8, 4) is 0 Å². The smallest absolute Gasteiger partial charge is 0.243 e. The van der Waals surface area contributed by atoms with Crippen LogP contribution in [0.1, 0.15) is 11.1 Å². The Morgan fingerprint density at radius 2 is 1.67 bits per heavy atom. The highest BCUT2D eigenvalue weighted by molar-refractivity contribution is 7.89. The van der Waals surface area contributed by atoms with Gasteiger partial charge in [0.05, 0.1) is 18.1 Å². The van der Waals surface area contributed by atoms with Crippen LogP contribution in [0.25, 0.3) is 0 Å². The summed E-state index contributed by atoms with van der Waals surface area (Å²) in [7, 11) is -3.66. The van der Waals surface area contributed by atoms with E-state index in [-0.39, 0.29) is 31.2 Å². The number of aryl methyl sites for hydroxylation is 2. The molecule has 0 aliphatic carbocycles. The molecule has 0 saturated heterocycles. The van der Waals surface area contributed by atoms with E-state index < -0.39 is 10.0 Å². The molecule has 0 atom stereocenters. The molecule has 1 aromatic carbocycles. The third-order valence-electron chi connectivity index (χ3n) is 2.65. The molecule has 0 aliphatic heterocycles. The van der Waals surface area contributed by atoms with Gasteiger partial charge < -0.3 is 10.2 Å². The first-order valence-corrected chi connectivity index (χ1v) is 7.16. The summed E-state index contributed by atoms with van der Waals surface area (Å²) in [5.41, 5.74) is 1.65. The van der Waals surface area contributed by atoms with E-state index in [2.05, 4.69) is 0 Å². The van der Waals surface area contributed by atoms with E-state index in [0.29, 0.717) is 5.56 Å². The van der Waals surface area contributed by atoms with Gasteiger partial charge in [-0.3, -0.25) is 0 Å².